The second-order valence-corrected chi connectivity index (χ2v) is 7.30. The number of anilines is 1. The summed E-state index contributed by atoms with van der Waals surface area (Å²) in [5, 5.41) is 0. The highest BCUT2D eigenvalue weighted by atomic mass is 32.2. The minimum Gasteiger partial charge on any atom is -0.327 e. The second-order valence-electron chi connectivity index (χ2n) is 5.55. The third-order valence-corrected chi connectivity index (χ3v) is 4.29. The van der Waals surface area contributed by atoms with Crippen molar-refractivity contribution in [3.8, 4) is 11.1 Å². The summed E-state index contributed by atoms with van der Waals surface area (Å²) in [4.78, 5) is 0. The van der Waals surface area contributed by atoms with Crippen molar-refractivity contribution >= 4 is 15.7 Å². The summed E-state index contributed by atoms with van der Waals surface area (Å²) in [5.41, 5.74) is 9.56. The largest absolute Gasteiger partial charge is 0.327 e. The maximum Gasteiger partial charge on any atom is 0.229 e. The van der Waals surface area contributed by atoms with Crippen molar-refractivity contribution in [3.05, 3.63) is 54.1 Å². The third kappa shape index (κ3) is 3.25. The first-order valence-electron chi connectivity index (χ1n) is 6.87. The van der Waals surface area contributed by atoms with Crippen LogP contribution in [0, 0.1) is 0 Å². The molecule has 1 aliphatic rings. The molecule has 21 heavy (non-hydrogen) atoms. The molecule has 1 fully saturated rings. The zero-order valence-electron chi connectivity index (χ0n) is 11.8. The quantitative estimate of drug-likeness (QED) is 0.911. The minimum atomic E-state index is -3.31. The number of nitrogens with one attached hydrogen (secondary N) is 1. The molecule has 0 bridgehead atoms. The molecule has 2 aromatic rings. The van der Waals surface area contributed by atoms with Crippen LogP contribution in [0.15, 0.2) is 48.5 Å². The predicted octanol–water partition coefficient (Wildman–Crippen LogP) is 2.54. The number of hydrogen-bond acceptors (Lipinski definition) is 3. The van der Waals surface area contributed by atoms with Crippen LogP contribution < -0.4 is 10.5 Å². The molecule has 0 amide bonds. The standard InChI is InChI=1S/C16H18N2O2S/c1-21(19,20)18-16-9-12(11-5-3-2-4-6-11)7-8-13(16)14-10-15(14)17/h2-9,14-15,18H,10,17H2,1H3/t14-,15+/m0/s1. The van der Waals surface area contributed by atoms with Crippen LogP contribution in [-0.2, 0) is 10.0 Å². The molecular formula is C16H18N2O2S. The average Bonchev–Trinajstić information content (AvgIpc) is 3.15. The Kier molecular flexibility index (Phi) is 3.47. The van der Waals surface area contributed by atoms with Crippen LogP contribution in [0.4, 0.5) is 5.69 Å². The molecule has 0 unspecified atom stereocenters. The van der Waals surface area contributed by atoms with Gasteiger partial charge in [0.1, 0.15) is 0 Å². The molecule has 1 saturated carbocycles. The molecule has 1 aliphatic carbocycles. The van der Waals surface area contributed by atoms with Crippen molar-refractivity contribution in [2.75, 3.05) is 11.0 Å². The molecule has 4 nitrogen and oxygen atoms in total. The summed E-state index contributed by atoms with van der Waals surface area (Å²) in [6.07, 6.45) is 2.07. The van der Waals surface area contributed by atoms with Crippen LogP contribution in [0.25, 0.3) is 11.1 Å². The number of nitrogens with two attached hydrogens (primary N) is 1. The fourth-order valence-electron chi connectivity index (χ4n) is 2.55. The second kappa shape index (κ2) is 5.16. The van der Waals surface area contributed by atoms with Gasteiger partial charge in [-0.15, -0.1) is 0 Å². The lowest BCUT2D eigenvalue weighted by atomic mass is 10.0. The van der Waals surface area contributed by atoms with E-state index in [0.29, 0.717) is 5.69 Å². The lowest BCUT2D eigenvalue weighted by molar-refractivity contribution is 0.606. The van der Waals surface area contributed by atoms with Crippen molar-refractivity contribution < 1.29 is 8.42 Å². The van der Waals surface area contributed by atoms with Gasteiger partial charge in [-0.3, -0.25) is 4.72 Å². The lowest BCUT2D eigenvalue weighted by Crippen LogP contribution is -2.12. The normalized spacial score (nSPS) is 21.0. The van der Waals surface area contributed by atoms with Crippen LogP contribution in [0.3, 0.4) is 0 Å². The Hall–Kier alpha value is -1.85. The number of sulfonamides is 1. The molecule has 0 aromatic heterocycles. The van der Waals surface area contributed by atoms with Crippen LogP contribution in [-0.4, -0.2) is 20.7 Å². The maximum atomic E-state index is 11.6. The van der Waals surface area contributed by atoms with Gasteiger partial charge in [-0.2, -0.15) is 0 Å². The van der Waals surface area contributed by atoms with Gasteiger partial charge in [-0.1, -0.05) is 42.5 Å². The summed E-state index contributed by atoms with van der Waals surface area (Å²) in [7, 11) is -3.31. The molecule has 5 heteroatoms. The van der Waals surface area contributed by atoms with E-state index in [1.807, 2.05) is 48.5 Å². The zero-order chi connectivity index (χ0) is 15.0. The highest BCUT2D eigenvalue weighted by Gasteiger charge is 2.36. The van der Waals surface area contributed by atoms with Gasteiger partial charge >= 0.3 is 0 Å². The van der Waals surface area contributed by atoms with E-state index in [1.54, 1.807) is 0 Å². The van der Waals surface area contributed by atoms with Gasteiger partial charge in [0.2, 0.25) is 10.0 Å². The molecule has 0 radical (unpaired) electrons. The van der Waals surface area contributed by atoms with Gasteiger partial charge in [-0.25, -0.2) is 8.42 Å². The minimum absolute atomic E-state index is 0.132. The highest BCUT2D eigenvalue weighted by molar-refractivity contribution is 7.92. The molecule has 0 heterocycles. The monoisotopic (exact) mass is 302 g/mol. The summed E-state index contributed by atoms with van der Waals surface area (Å²) in [6.45, 7) is 0. The zero-order valence-corrected chi connectivity index (χ0v) is 12.6. The van der Waals surface area contributed by atoms with E-state index in [1.165, 1.54) is 6.26 Å². The molecule has 0 spiro atoms. The van der Waals surface area contributed by atoms with Crippen molar-refractivity contribution in [1.82, 2.24) is 0 Å². The molecule has 2 aromatic carbocycles. The van der Waals surface area contributed by atoms with Crippen molar-refractivity contribution in [3.63, 3.8) is 0 Å². The highest BCUT2D eigenvalue weighted by Crippen LogP contribution is 2.43. The van der Waals surface area contributed by atoms with E-state index in [4.69, 9.17) is 5.73 Å². The van der Waals surface area contributed by atoms with Crippen molar-refractivity contribution in [2.45, 2.75) is 18.4 Å². The van der Waals surface area contributed by atoms with Crippen LogP contribution in [0.1, 0.15) is 17.9 Å². The van der Waals surface area contributed by atoms with Crippen LogP contribution in [0.5, 0.6) is 0 Å². The molecule has 0 saturated heterocycles. The maximum absolute atomic E-state index is 11.6. The summed E-state index contributed by atoms with van der Waals surface area (Å²) >= 11 is 0. The van der Waals surface area contributed by atoms with E-state index in [9.17, 15) is 8.42 Å². The molecule has 3 N–H and O–H groups in total. The first-order chi connectivity index (χ1) is 9.94. The lowest BCUT2D eigenvalue weighted by Gasteiger charge is -2.13. The van der Waals surface area contributed by atoms with E-state index in [0.717, 1.165) is 23.1 Å². The number of rotatable bonds is 4. The van der Waals surface area contributed by atoms with Gasteiger partial charge in [0.25, 0.3) is 0 Å². The molecule has 110 valence electrons. The summed E-state index contributed by atoms with van der Waals surface area (Å²) in [5.74, 6) is 0.249. The van der Waals surface area contributed by atoms with E-state index in [2.05, 4.69) is 4.72 Å². The van der Waals surface area contributed by atoms with Crippen molar-refractivity contribution in [2.24, 2.45) is 5.73 Å². The van der Waals surface area contributed by atoms with Gasteiger partial charge in [-0.05, 0) is 29.2 Å². The Morgan fingerprint density at radius 1 is 1.10 bits per heavy atom. The Morgan fingerprint density at radius 2 is 1.76 bits per heavy atom. The van der Waals surface area contributed by atoms with Gasteiger partial charge in [0.05, 0.1) is 11.9 Å². The first-order valence-corrected chi connectivity index (χ1v) is 8.76. The third-order valence-electron chi connectivity index (χ3n) is 3.70. The first kappa shape index (κ1) is 14.1. The Morgan fingerprint density at radius 3 is 2.33 bits per heavy atom. The Bertz CT molecular complexity index is 757. The fourth-order valence-corrected chi connectivity index (χ4v) is 3.13. The number of benzene rings is 2. The molecule has 0 aliphatic heterocycles. The van der Waals surface area contributed by atoms with Gasteiger partial charge in [0.15, 0.2) is 0 Å². The van der Waals surface area contributed by atoms with Gasteiger partial charge < -0.3 is 5.73 Å². The molecule has 3 rings (SSSR count). The van der Waals surface area contributed by atoms with E-state index < -0.39 is 10.0 Å². The summed E-state index contributed by atoms with van der Waals surface area (Å²) < 4.78 is 25.8. The van der Waals surface area contributed by atoms with Crippen LogP contribution in [0.2, 0.25) is 0 Å². The van der Waals surface area contributed by atoms with Crippen LogP contribution >= 0.6 is 0 Å². The molecular weight excluding hydrogens is 284 g/mol. The number of hydrogen-bond donors (Lipinski definition) is 2. The summed E-state index contributed by atoms with van der Waals surface area (Å²) in [6, 6.07) is 15.9. The van der Waals surface area contributed by atoms with E-state index in [-0.39, 0.29) is 12.0 Å². The van der Waals surface area contributed by atoms with Crippen molar-refractivity contribution in [1.29, 1.82) is 0 Å². The molecule has 2 atom stereocenters. The fraction of sp³-hybridized carbons (Fsp3) is 0.250. The predicted molar refractivity (Wildman–Crippen MR) is 85.7 cm³/mol. The Labute approximate surface area is 125 Å². The smallest absolute Gasteiger partial charge is 0.229 e. The topological polar surface area (TPSA) is 72.2 Å². The SMILES string of the molecule is CS(=O)(=O)Nc1cc(-c2ccccc2)ccc1[C@@H]1C[C@H]1N. The van der Waals surface area contributed by atoms with Gasteiger partial charge in [0, 0.05) is 12.0 Å². The average molecular weight is 302 g/mol. The Balaban J connectivity index is 2.04. The van der Waals surface area contributed by atoms with E-state index >= 15 is 0 Å².